The topological polar surface area (TPSA) is 136 Å². The van der Waals surface area contributed by atoms with Crippen LogP contribution in [0.25, 0.3) is 11.0 Å². The van der Waals surface area contributed by atoms with Crippen molar-refractivity contribution in [3.05, 3.63) is 41.1 Å². The first-order chi connectivity index (χ1) is 15.0. The standard InChI is InChI=1S/C21H22N6O4/c1-11-2-5-18(12-3-4-15-16(6-12)26-31-25-15)27(8-11)21(29)20(28)24-17-7-23-19(22)14-10-30-9-13(14)17/h3-4,6-7,11,18H,2,5,8-10H2,1H3,(H2,22,23)(H,24,28)/t11-,18?/m0/s1. The minimum absolute atomic E-state index is 0.228. The van der Waals surface area contributed by atoms with Crippen LogP contribution in [-0.4, -0.2) is 38.6 Å². The van der Waals surface area contributed by atoms with Crippen molar-refractivity contribution in [3.8, 4) is 0 Å². The number of likely N-dealkylation sites (tertiary alicyclic amines) is 1. The molecule has 10 nitrogen and oxygen atoms in total. The number of piperidine rings is 1. The second-order valence-electron chi connectivity index (χ2n) is 8.13. The van der Waals surface area contributed by atoms with Gasteiger partial charge in [0.1, 0.15) is 16.9 Å². The van der Waals surface area contributed by atoms with E-state index in [0.29, 0.717) is 48.2 Å². The zero-order chi connectivity index (χ0) is 21.5. The van der Waals surface area contributed by atoms with E-state index in [0.717, 1.165) is 29.5 Å². The van der Waals surface area contributed by atoms with Gasteiger partial charge in [-0.1, -0.05) is 13.0 Å². The Labute approximate surface area is 177 Å². The Kier molecular flexibility index (Phi) is 4.78. The molecule has 0 aliphatic carbocycles. The molecule has 5 rings (SSSR count). The van der Waals surface area contributed by atoms with Crippen molar-refractivity contribution >= 4 is 34.4 Å². The van der Waals surface area contributed by atoms with Crippen LogP contribution in [0.15, 0.2) is 29.0 Å². The van der Waals surface area contributed by atoms with Gasteiger partial charge in [0.2, 0.25) is 0 Å². The van der Waals surface area contributed by atoms with Crippen molar-refractivity contribution in [2.75, 3.05) is 17.6 Å². The molecule has 160 valence electrons. The largest absolute Gasteiger partial charge is 0.383 e. The Balaban J connectivity index is 1.40. The van der Waals surface area contributed by atoms with Gasteiger partial charge in [-0.25, -0.2) is 9.61 Å². The Morgan fingerprint density at radius 1 is 1.16 bits per heavy atom. The van der Waals surface area contributed by atoms with Crippen LogP contribution in [0.3, 0.4) is 0 Å². The van der Waals surface area contributed by atoms with Gasteiger partial charge in [0, 0.05) is 17.7 Å². The quantitative estimate of drug-likeness (QED) is 0.600. The third kappa shape index (κ3) is 3.48. The molecule has 2 atom stereocenters. The number of hydrogen-bond acceptors (Lipinski definition) is 8. The van der Waals surface area contributed by atoms with Gasteiger partial charge in [0.15, 0.2) is 0 Å². The number of benzene rings is 1. The number of anilines is 2. The summed E-state index contributed by atoms with van der Waals surface area (Å²) in [6.07, 6.45) is 3.18. The van der Waals surface area contributed by atoms with E-state index in [1.807, 2.05) is 18.2 Å². The van der Waals surface area contributed by atoms with Gasteiger partial charge in [-0.05, 0) is 46.8 Å². The Hall–Kier alpha value is -3.53. The molecule has 3 aromatic rings. The SMILES string of the molecule is C[C@H]1CCC(c2ccc3nonc3c2)N(C(=O)C(=O)Nc2cnc(N)c3c2COC3)C1. The van der Waals surface area contributed by atoms with Crippen LogP contribution >= 0.6 is 0 Å². The van der Waals surface area contributed by atoms with E-state index in [4.69, 9.17) is 15.1 Å². The van der Waals surface area contributed by atoms with Crippen molar-refractivity contribution in [1.29, 1.82) is 0 Å². The van der Waals surface area contributed by atoms with Crippen LogP contribution in [0, 0.1) is 5.92 Å². The van der Waals surface area contributed by atoms with E-state index < -0.39 is 11.8 Å². The molecule has 1 saturated heterocycles. The lowest BCUT2D eigenvalue weighted by molar-refractivity contribution is -0.146. The van der Waals surface area contributed by atoms with E-state index in [2.05, 4.69) is 27.5 Å². The Morgan fingerprint density at radius 2 is 1.97 bits per heavy atom. The van der Waals surface area contributed by atoms with E-state index in [9.17, 15) is 9.59 Å². The van der Waals surface area contributed by atoms with Crippen molar-refractivity contribution < 1.29 is 19.0 Å². The number of carbonyl (C=O) groups is 2. The number of nitrogens with two attached hydrogens (primary N) is 1. The number of fused-ring (bicyclic) bond motifs is 2. The van der Waals surface area contributed by atoms with E-state index in [1.165, 1.54) is 6.20 Å². The molecule has 4 heterocycles. The third-order valence-electron chi connectivity index (χ3n) is 6.01. The van der Waals surface area contributed by atoms with Gasteiger partial charge >= 0.3 is 11.8 Å². The monoisotopic (exact) mass is 422 g/mol. The van der Waals surface area contributed by atoms with Crippen LogP contribution in [-0.2, 0) is 27.5 Å². The van der Waals surface area contributed by atoms with Crippen molar-refractivity contribution in [3.63, 3.8) is 0 Å². The lowest BCUT2D eigenvalue weighted by Gasteiger charge is -2.38. The summed E-state index contributed by atoms with van der Waals surface area (Å²) in [5.74, 6) is -0.621. The summed E-state index contributed by atoms with van der Waals surface area (Å²) < 4.78 is 10.2. The fraction of sp³-hybridized carbons (Fsp3) is 0.381. The molecule has 0 bridgehead atoms. The zero-order valence-corrected chi connectivity index (χ0v) is 17.0. The molecular formula is C21H22N6O4. The van der Waals surface area contributed by atoms with Gasteiger partial charge in [0.25, 0.3) is 0 Å². The van der Waals surface area contributed by atoms with E-state index in [-0.39, 0.29) is 6.04 Å². The fourth-order valence-electron chi connectivity index (χ4n) is 4.33. The number of nitrogens with zero attached hydrogens (tertiary/aromatic N) is 4. The summed E-state index contributed by atoms with van der Waals surface area (Å²) in [5.41, 5.74) is 10.0. The molecule has 0 spiro atoms. The fourth-order valence-corrected chi connectivity index (χ4v) is 4.33. The normalized spacial score (nSPS) is 20.6. The number of ether oxygens (including phenoxy) is 1. The molecular weight excluding hydrogens is 400 g/mol. The summed E-state index contributed by atoms with van der Waals surface area (Å²) in [5, 5.41) is 10.4. The van der Waals surface area contributed by atoms with E-state index in [1.54, 1.807) is 4.90 Å². The van der Waals surface area contributed by atoms with Crippen LogP contribution in [0.4, 0.5) is 11.5 Å². The predicted octanol–water partition coefficient (Wildman–Crippen LogP) is 2.17. The average molecular weight is 422 g/mol. The van der Waals surface area contributed by atoms with Crippen molar-refractivity contribution in [1.82, 2.24) is 20.2 Å². The highest BCUT2D eigenvalue weighted by Crippen LogP contribution is 2.35. The Morgan fingerprint density at radius 3 is 2.84 bits per heavy atom. The molecule has 31 heavy (non-hydrogen) atoms. The number of aromatic nitrogens is 3. The van der Waals surface area contributed by atoms with Gasteiger partial charge in [0.05, 0.1) is 31.1 Å². The van der Waals surface area contributed by atoms with Crippen LogP contribution in [0.5, 0.6) is 0 Å². The molecule has 1 unspecified atom stereocenters. The first-order valence-corrected chi connectivity index (χ1v) is 10.2. The van der Waals surface area contributed by atoms with Gasteiger partial charge < -0.3 is 20.7 Å². The van der Waals surface area contributed by atoms with Crippen LogP contribution in [0.2, 0.25) is 0 Å². The Bertz CT molecular complexity index is 1180. The van der Waals surface area contributed by atoms with Crippen LogP contribution < -0.4 is 11.1 Å². The molecule has 2 aliphatic rings. The number of hydrogen-bond donors (Lipinski definition) is 2. The molecule has 0 saturated carbocycles. The number of amides is 2. The zero-order valence-electron chi connectivity index (χ0n) is 17.0. The molecule has 1 fully saturated rings. The number of pyridine rings is 1. The maximum Gasteiger partial charge on any atom is 0.313 e. The second kappa shape index (κ2) is 7.62. The van der Waals surface area contributed by atoms with E-state index >= 15 is 0 Å². The maximum absolute atomic E-state index is 13.2. The molecule has 1 aromatic carbocycles. The van der Waals surface area contributed by atoms with Gasteiger partial charge in [-0.15, -0.1) is 0 Å². The molecule has 10 heteroatoms. The minimum atomic E-state index is -0.705. The highest BCUT2D eigenvalue weighted by atomic mass is 16.6. The minimum Gasteiger partial charge on any atom is -0.383 e. The predicted molar refractivity (Wildman–Crippen MR) is 110 cm³/mol. The van der Waals surface area contributed by atoms with Crippen molar-refractivity contribution in [2.45, 2.75) is 39.0 Å². The molecule has 2 aliphatic heterocycles. The molecule has 0 radical (unpaired) electrons. The van der Waals surface area contributed by atoms with Crippen LogP contribution in [0.1, 0.15) is 42.5 Å². The summed E-state index contributed by atoms with van der Waals surface area (Å²) in [4.78, 5) is 31.9. The highest BCUT2D eigenvalue weighted by Gasteiger charge is 2.35. The second-order valence-corrected chi connectivity index (χ2v) is 8.13. The lowest BCUT2D eigenvalue weighted by atomic mass is 9.89. The average Bonchev–Trinajstić information content (AvgIpc) is 3.44. The summed E-state index contributed by atoms with van der Waals surface area (Å²) in [7, 11) is 0. The van der Waals surface area contributed by atoms with Gasteiger partial charge in [-0.3, -0.25) is 9.59 Å². The highest BCUT2D eigenvalue weighted by molar-refractivity contribution is 6.39. The van der Waals surface area contributed by atoms with Crippen molar-refractivity contribution in [2.24, 2.45) is 5.92 Å². The number of carbonyl (C=O) groups excluding carboxylic acids is 2. The number of rotatable bonds is 2. The molecule has 2 amide bonds. The number of nitrogen functional groups attached to an aromatic ring is 1. The summed E-state index contributed by atoms with van der Waals surface area (Å²) in [6, 6.07) is 5.35. The smallest absolute Gasteiger partial charge is 0.313 e. The first kappa shape index (κ1) is 19.4. The molecule has 3 N–H and O–H groups in total. The number of nitrogens with one attached hydrogen (secondary N) is 1. The maximum atomic E-state index is 13.2. The summed E-state index contributed by atoms with van der Waals surface area (Å²) >= 11 is 0. The van der Waals surface area contributed by atoms with Gasteiger partial charge in [-0.2, -0.15) is 0 Å². The third-order valence-corrected chi connectivity index (χ3v) is 6.01. The summed E-state index contributed by atoms with van der Waals surface area (Å²) in [6.45, 7) is 3.23. The molecule has 2 aromatic heterocycles. The lowest BCUT2D eigenvalue weighted by Crippen LogP contribution is -2.46. The first-order valence-electron chi connectivity index (χ1n) is 10.2.